The maximum absolute atomic E-state index is 11.6. The van der Waals surface area contributed by atoms with E-state index >= 15 is 0 Å². The third-order valence-electron chi connectivity index (χ3n) is 2.87. The molecule has 0 atom stereocenters. The van der Waals surface area contributed by atoms with Gasteiger partial charge in [0.05, 0.1) is 11.5 Å². The molecule has 20 heavy (non-hydrogen) atoms. The normalized spacial score (nSPS) is 11.2. The molecule has 0 fully saturated rings. The number of nitrogens with two attached hydrogens (primary N) is 1. The van der Waals surface area contributed by atoms with Crippen LogP contribution in [0, 0.1) is 12.3 Å². The van der Waals surface area contributed by atoms with Crippen LogP contribution < -0.4 is 9.88 Å². The van der Waals surface area contributed by atoms with Gasteiger partial charge in [-0.25, -0.2) is 13.6 Å². The van der Waals surface area contributed by atoms with Crippen molar-refractivity contribution >= 4 is 20.8 Å². The number of benzene rings is 2. The molecule has 0 bridgehead atoms. The first-order valence-electron chi connectivity index (χ1n) is 6.15. The van der Waals surface area contributed by atoms with Gasteiger partial charge in [-0.2, -0.15) is 0 Å². The van der Waals surface area contributed by atoms with E-state index in [4.69, 9.17) is 16.3 Å². The molecule has 0 unspecified atom stereocenters. The van der Waals surface area contributed by atoms with Crippen LogP contribution in [0.25, 0.3) is 10.8 Å². The number of primary sulfonamides is 1. The number of rotatable bonds is 5. The lowest BCUT2D eigenvalue weighted by molar-refractivity contribution is 0.316. The zero-order valence-electron chi connectivity index (χ0n) is 10.9. The fraction of sp³-hybridized carbons (Fsp3) is 0.200. The summed E-state index contributed by atoms with van der Waals surface area (Å²) in [6.45, 7) is 0.489. The SMILES string of the molecule is C#CCCCOc1ccc(S(N)(=O)=O)c2ccccc12. The standard InChI is InChI=1S/C15H15NO3S/c1-2-3-6-11-19-14-9-10-15(20(16,17)18)13-8-5-4-7-12(13)14/h1,4-5,7-10H,3,6,11H2,(H2,16,17,18). The predicted octanol–water partition coefficient (Wildman–Crippen LogP) is 2.28. The van der Waals surface area contributed by atoms with Crippen LogP contribution in [0.2, 0.25) is 0 Å². The van der Waals surface area contributed by atoms with Gasteiger partial charge in [0.1, 0.15) is 5.75 Å². The van der Waals surface area contributed by atoms with Crippen LogP contribution in [0.4, 0.5) is 0 Å². The second-order valence-corrected chi connectivity index (χ2v) is 5.84. The van der Waals surface area contributed by atoms with Crippen LogP contribution in [0.5, 0.6) is 5.75 Å². The first-order valence-corrected chi connectivity index (χ1v) is 7.69. The Labute approximate surface area is 118 Å². The molecule has 0 saturated heterocycles. The van der Waals surface area contributed by atoms with Crippen LogP contribution in [-0.2, 0) is 10.0 Å². The molecule has 5 heteroatoms. The molecule has 0 aliphatic rings. The highest BCUT2D eigenvalue weighted by Crippen LogP contribution is 2.30. The Morgan fingerprint density at radius 1 is 1.15 bits per heavy atom. The number of terminal acetylenes is 1. The minimum Gasteiger partial charge on any atom is -0.493 e. The number of hydrogen-bond donors (Lipinski definition) is 1. The maximum Gasteiger partial charge on any atom is 0.238 e. The van der Waals surface area contributed by atoms with E-state index in [1.54, 1.807) is 24.3 Å². The average Bonchev–Trinajstić information content (AvgIpc) is 2.42. The van der Waals surface area contributed by atoms with Gasteiger partial charge in [-0.15, -0.1) is 12.3 Å². The van der Waals surface area contributed by atoms with Gasteiger partial charge < -0.3 is 4.74 Å². The Kier molecular flexibility index (Phi) is 4.28. The van der Waals surface area contributed by atoms with Gasteiger partial charge in [0.25, 0.3) is 0 Å². The number of ether oxygens (including phenoxy) is 1. The van der Waals surface area contributed by atoms with Crippen molar-refractivity contribution in [3.8, 4) is 18.1 Å². The van der Waals surface area contributed by atoms with Crippen LogP contribution in [0.3, 0.4) is 0 Å². The highest BCUT2D eigenvalue weighted by molar-refractivity contribution is 7.89. The molecular formula is C15H15NO3S. The molecule has 2 N–H and O–H groups in total. The molecule has 4 nitrogen and oxygen atoms in total. The van der Waals surface area contributed by atoms with Crippen molar-refractivity contribution in [1.29, 1.82) is 0 Å². The second-order valence-electron chi connectivity index (χ2n) is 4.31. The molecule has 0 amide bonds. The molecule has 0 radical (unpaired) electrons. The lowest BCUT2D eigenvalue weighted by atomic mass is 10.1. The first kappa shape index (κ1) is 14.4. The topological polar surface area (TPSA) is 69.4 Å². The van der Waals surface area contributed by atoms with E-state index in [2.05, 4.69) is 5.92 Å². The van der Waals surface area contributed by atoms with E-state index < -0.39 is 10.0 Å². The summed E-state index contributed by atoms with van der Waals surface area (Å²) >= 11 is 0. The van der Waals surface area contributed by atoms with Gasteiger partial charge in [-0.05, 0) is 18.6 Å². The minimum atomic E-state index is -3.76. The second kappa shape index (κ2) is 5.95. The van der Waals surface area contributed by atoms with E-state index in [0.717, 1.165) is 11.8 Å². The van der Waals surface area contributed by atoms with Crippen molar-refractivity contribution in [2.45, 2.75) is 17.7 Å². The zero-order valence-corrected chi connectivity index (χ0v) is 11.7. The predicted molar refractivity (Wildman–Crippen MR) is 78.9 cm³/mol. The van der Waals surface area contributed by atoms with E-state index in [9.17, 15) is 8.42 Å². The molecule has 0 aliphatic carbocycles. The summed E-state index contributed by atoms with van der Waals surface area (Å²) < 4.78 is 28.8. The lowest BCUT2D eigenvalue weighted by Crippen LogP contribution is -2.12. The summed E-state index contributed by atoms with van der Waals surface area (Å²) in [7, 11) is -3.76. The molecule has 0 heterocycles. The van der Waals surface area contributed by atoms with E-state index in [-0.39, 0.29) is 4.90 Å². The Bertz CT molecular complexity index is 760. The molecule has 2 aromatic rings. The number of hydrogen-bond acceptors (Lipinski definition) is 3. The highest BCUT2D eigenvalue weighted by Gasteiger charge is 2.14. The zero-order chi connectivity index (χ0) is 14.6. The van der Waals surface area contributed by atoms with Crippen molar-refractivity contribution < 1.29 is 13.2 Å². The van der Waals surface area contributed by atoms with Gasteiger partial charge in [0.2, 0.25) is 10.0 Å². The monoisotopic (exact) mass is 289 g/mol. The summed E-state index contributed by atoms with van der Waals surface area (Å²) in [5.41, 5.74) is 0. The van der Waals surface area contributed by atoms with Crippen molar-refractivity contribution in [2.75, 3.05) is 6.61 Å². The fourth-order valence-corrected chi connectivity index (χ4v) is 2.72. The van der Waals surface area contributed by atoms with Gasteiger partial charge in [-0.1, -0.05) is 24.3 Å². The van der Waals surface area contributed by atoms with E-state index in [1.165, 1.54) is 6.07 Å². The van der Waals surface area contributed by atoms with Gasteiger partial charge in [0, 0.05) is 17.2 Å². The van der Waals surface area contributed by atoms with Crippen molar-refractivity contribution in [1.82, 2.24) is 0 Å². The third kappa shape index (κ3) is 3.10. The van der Waals surface area contributed by atoms with Crippen molar-refractivity contribution in [2.24, 2.45) is 5.14 Å². The largest absolute Gasteiger partial charge is 0.493 e. The summed E-state index contributed by atoms with van der Waals surface area (Å²) in [6, 6.07) is 10.2. The van der Waals surface area contributed by atoms with Crippen LogP contribution in [-0.4, -0.2) is 15.0 Å². The highest BCUT2D eigenvalue weighted by atomic mass is 32.2. The Hall–Kier alpha value is -2.03. The minimum absolute atomic E-state index is 0.101. The molecule has 2 rings (SSSR count). The van der Waals surface area contributed by atoms with Crippen molar-refractivity contribution in [3.05, 3.63) is 36.4 Å². The summed E-state index contributed by atoms with van der Waals surface area (Å²) in [5.74, 6) is 3.17. The van der Waals surface area contributed by atoms with E-state index in [1.807, 2.05) is 6.07 Å². The molecular weight excluding hydrogens is 274 g/mol. The number of fused-ring (bicyclic) bond motifs is 1. The molecule has 0 aromatic heterocycles. The fourth-order valence-electron chi connectivity index (χ4n) is 1.97. The summed E-state index contributed by atoms with van der Waals surface area (Å²) in [6.07, 6.45) is 6.58. The maximum atomic E-state index is 11.6. The third-order valence-corrected chi connectivity index (χ3v) is 3.84. The van der Waals surface area contributed by atoms with E-state index in [0.29, 0.717) is 24.2 Å². The number of unbranched alkanes of at least 4 members (excludes halogenated alkanes) is 1. The van der Waals surface area contributed by atoms with Gasteiger partial charge in [0.15, 0.2) is 0 Å². The van der Waals surface area contributed by atoms with Crippen LogP contribution >= 0.6 is 0 Å². The summed E-state index contributed by atoms with van der Waals surface area (Å²) in [4.78, 5) is 0.101. The molecule has 104 valence electrons. The average molecular weight is 289 g/mol. The molecule has 0 aliphatic heterocycles. The first-order chi connectivity index (χ1) is 9.54. The molecule has 0 saturated carbocycles. The smallest absolute Gasteiger partial charge is 0.238 e. The quantitative estimate of drug-likeness (QED) is 0.678. The Morgan fingerprint density at radius 2 is 1.85 bits per heavy atom. The molecule has 2 aromatic carbocycles. The van der Waals surface area contributed by atoms with Crippen LogP contribution in [0.1, 0.15) is 12.8 Å². The van der Waals surface area contributed by atoms with Gasteiger partial charge in [-0.3, -0.25) is 0 Å². The van der Waals surface area contributed by atoms with Crippen LogP contribution in [0.15, 0.2) is 41.3 Å². The summed E-state index contributed by atoms with van der Waals surface area (Å²) in [5, 5.41) is 6.50. The Morgan fingerprint density at radius 3 is 2.50 bits per heavy atom. The Balaban J connectivity index is 2.42. The molecule has 0 spiro atoms. The number of sulfonamides is 1. The van der Waals surface area contributed by atoms with Crippen molar-refractivity contribution in [3.63, 3.8) is 0 Å². The lowest BCUT2D eigenvalue weighted by Gasteiger charge is -2.11. The van der Waals surface area contributed by atoms with Gasteiger partial charge >= 0.3 is 0 Å².